The first kappa shape index (κ1) is 46.8. The molecular weight excluding hydrogens is 591 g/mol. The molecule has 0 aromatic carbocycles. The molecule has 0 aromatic rings. The number of hydrogen-bond donors (Lipinski definition) is 0. The Morgan fingerprint density at radius 1 is 0.395 bits per heavy atom. The predicted molar refractivity (Wildman–Crippen MR) is 142 cm³/mol. The molecule has 0 spiro atoms. The number of Topliss-reactive ketones (excluding diaryl/α,β-unsaturated/α-hetero) is 6. The third-order valence-electron chi connectivity index (χ3n) is 5.07. The van der Waals surface area contributed by atoms with Crippen molar-refractivity contribution in [1.29, 1.82) is 0 Å². The summed E-state index contributed by atoms with van der Waals surface area (Å²) < 4.78 is 14.6. The van der Waals surface area contributed by atoms with Crippen molar-refractivity contribution >= 4 is 70.0 Å². The van der Waals surface area contributed by atoms with Gasteiger partial charge in [-0.05, 0) is 83.1 Å². The fraction of sp³-hybridized carbons (Fsp3) is 0.667. The van der Waals surface area contributed by atoms with Gasteiger partial charge in [0.2, 0.25) is 16.8 Å². The molecular formula is C27H39AlO15. The van der Waals surface area contributed by atoms with Gasteiger partial charge in [0.1, 0.15) is 0 Å². The van der Waals surface area contributed by atoms with E-state index in [9.17, 15) is 58.5 Å². The van der Waals surface area contributed by atoms with Gasteiger partial charge in [-0.25, -0.2) is 0 Å². The second kappa shape index (κ2) is 19.2. The van der Waals surface area contributed by atoms with Gasteiger partial charge in [0.05, 0.1) is 36.2 Å². The van der Waals surface area contributed by atoms with E-state index >= 15 is 0 Å². The summed E-state index contributed by atoms with van der Waals surface area (Å²) >= 11 is 0. The fourth-order valence-electron chi connectivity index (χ4n) is 3.31. The van der Waals surface area contributed by atoms with Crippen LogP contribution in [0, 0.1) is 0 Å². The summed E-state index contributed by atoms with van der Waals surface area (Å²) in [5.74, 6) is -10.7. The Morgan fingerprint density at radius 3 is 0.535 bits per heavy atom. The number of ether oxygens (including phenoxy) is 3. The Bertz CT molecular complexity index is 831. The van der Waals surface area contributed by atoms with Crippen LogP contribution in [0.1, 0.15) is 83.1 Å². The second-order valence-electron chi connectivity index (χ2n) is 9.74. The molecule has 0 amide bonds. The first-order chi connectivity index (χ1) is 18.7. The Kier molecular flexibility index (Phi) is 20.9. The average Bonchev–Trinajstić information content (AvgIpc) is 2.77. The Balaban J connectivity index is -0.000000262. The third kappa shape index (κ3) is 12.2. The van der Waals surface area contributed by atoms with E-state index in [1.165, 1.54) is 41.5 Å². The van der Waals surface area contributed by atoms with E-state index in [2.05, 4.69) is 0 Å². The van der Waals surface area contributed by atoms with Crippen LogP contribution < -0.4 is 15.3 Å². The number of carbonyl (C=O) groups is 9. The number of carbonyl (C=O) groups excluding carboxylic acids is 9. The van der Waals surface area contributed by atoms with E-state index in [1.807, 2.05) is 0 Å². The van der Waals surface area contributed by atoms with E-state index in [-0.39, 0.29) is 17.4 Å². The number of ketones is 6. The molecule has 0 fully saturated rings. The topological polar surface area (TPSA) is 250 Å². The zero-order valence-electron chi connectivity index (χ0n) is 26.4. The van der Waals surface area contributed by atoms with Crippen molar-refractivity contribution < 1.29 is 72.7 Å². The van der Waals surface area contributed by atoms with E-state index in [0.29, 0.717) is 0 Å². The molecule has 0 aliphatic carbocycles. The summed E-state index contributed by atoms with van der Waals surface area (Å²) in [5, 5.41) is 32.3. The van der Waals surface area contributed by atoms with E-state index < -0.39 is 87.7 Å². The molecule has 0 saturated carbocycles. The van der Waals surface area contributed by atoms with Crippen molar-refractivity contribution in [2.24, 2.45) is 0 Å². The minimum Gasteiger partial charge on any atom is -0.546 e. The normalized spacial score (nSPS) is 11.2. The van der Waals surface area contributed by atoms with Crippen LogP contribution in [0.5, 0.6) is 0 Å². The minimum atomic E-state index is -2.45. The molecule has 43 heavy (non-hydrogen) atoms. The molecule has 0 aromatic heterocycles. The van der Waals surface area contributed by atoms with Crippen LogP contribution in [-0.4, -0.2) is 105 Å². The number of aliphatic carboxylic acids is 3. The van der Waals surface area contributed by atoms with Crippen LogP contribution in [0.4, 0.5) is 0 Å². The van der Waals surface area contributed by atoms with Crippen molar-refractivity contribution in [3.8, 4) is 0 Å². The zero-order valence-corrected chi connectivity index (χ0v) is 27.6. The maximum absolute atomic E-state index is 11.1. The Hall–Kier alpha value is -3.16. The molecule has 0 bridgehead atoms. The van der Waals surface area contributed by atoms with Gasteiger partial charge in [0, 0.05) is 0 Å². The van der Waals surface area contributed by atoms with Gasteiger partial charge in [-0.15, -0.1) is 0 Å². The fourth-order valence-corrected chi connectivity index (χ4v) is 3.31. The van der Waals surface area contributed by atoms with E-state index in [1.54, 1.807) is 0 Å². The molecule has 0 rings (SSSR count). The molecule has 0 aliphatic rings. The molecule has 0 heterocycles. The van der Waals surface area contributed by atoms with Crippen molar-refractivity contribution in [2.75, 3.05) is 0 Å². The molecule has 240 valence electrons. The van der Waals surface area contributed by atoms with Crippen molar-refractivity contribution in [3.63, 3.8) is 0 Å². The zero-order chi connectivity index (χ0) is 34.5. The monoisotopic (exact) mass is 630 g/mol. The van der Waals surface area contributed by atoms with Gasteiger partial charge < -0.3 is 43.9 Å². The van der Waals surface area contributed by atoms with Crippen molar-refractivity contribution in [3.05, 3.63) is 0 Å². The summed E-state index contributed by atoms with van der Waals surface area (Å²) in [4.78, 5) is 99.0. The number of carboxylic acids is 3. The van der Waals surface area contributed by atoms with Gasteiger partial charge in [-0.3, -0.25) is 28.8 Å². The van der Waals surface area contributed by atoms with Crippen LogP contribution in [0.25, 0.3) is 0 Å². The first-order valence-corrected chi connectivity index (χ1v) is 12.5. The predicted octanol–water partition coefficient (Wildman–Crippen LogP) is -3.15. The second-order valence-corrected chi connectivity index (χ2v) is 9.74. The summed E-state index contributed by atoms with van der Waals surface area (Å²) in [5.41, 5.74) is -7.35. The summed E-state index contributed by atoms with van der Waals surface area (Å²) in [6.07, 6.45) is -1.66. The average molecular weight is 631 g/mol. The van der Waals surface area contributed by atoms with Gasteiger partial charge in [0.15, 0.2) is 34.7 Å². The Morgan fingerprint density at radius 2 is 0.512 bits per heavy atom. The van der Waals surface area contributed by atoms with E-state index in [4.69, 9.17) is 14.2 Å². The van der Waals surface area contributed by atoms with Crippen molar-refractivity contribution in [2.45, 2.75) is 118 Å². The Labute approximate surface area is 260 Å². The van der Waals surface area contributed by atoms with Crippen molar-refractivity contribution in [1.82, 2.24) is 0 Å². The van der Waals surface area contributed by atoms with Gasteiger partial charge in [-0.1, -0.05) is 0 Å². The van der Waals surface area contributed by atoms with Crippen LogP contribution in [0.2, 0.25) is 0 Å². The van der Waals surface area contributed by atoms with Gasteiger partial charge in [0.25, 0.3) is 0 Å². The molecule has 0 atom stereocenters. The molecule has 0 radical (unpaired) electrons. The minimum absolute atomic E-state index is 0. The molecule has 0 N–H and O–H groups in total. The molecule has 0 unspecified atom stereocenters. The summed E-state index contributed by atoms with van der Waals surface area (Å²) in [6, 6.07) is 0. The third-order valence-corrected chi connectivity index (χ3v) is 5.07. The largest absolute Gasteiger partial charge is 3.00 e. The quantitative estimate of drug-likeness (QED) is 0.128. The van der Waals surface area contributed by atoms with Crippen LogP contribution in [0.3, 0.4) is 0 Å². The molecule has 0 aliphatic heterocycles. The van der Waals surface area contributed by atoms with Crippen LogP contribution in [-0.2, 0) is 57.4 Å². The maximum atomic E-state index is 11.1. The molecule has 16 heteroatoms. The summed E-state index contributed by atoms with van der Waals surface area (Å²) in [6.45, 7) is 15.1. The van der Waals surface area contributed by atoms with Crippen LogP contribution >= 0.6 is 0 Å². The smallest absolute Gasteiger partial charge is 0.546 e. The maximum Gasteiger partial charge on any atom is 3.00 e. The number of rotatable bonds is 15. The SMILES string of the molecule is CC(=O)C(OC(C)C)(C(C)=O)C(=O)[O-].CC(=O)C(OC(C)C)(C(C)=O)C(=O)[O-].CC(=O)C(OC(C)C)(C(C)=O)C(=O)[O-].[Al+3]. The van der Waals surface area contributed by atoms with Gasteiger partial charge in [-0.2, -0.15) is 0 Å². The first-order valence-electron chi connectivity index (χ1n) is 12.5. The van der Waals surface area contributed by atoms with Crippen LogP contribution in [0.15, 0.2) is 0 Å². The summed E-state index contributed by atoms with van der Waals surface area (Å²) in [7, 11) is 0. The van der Waals surface area contributed by atoms with E-state index in [0.717, 1.165) is 41.5 Å². The number of carboxylic acid groups (broad SMARTS) is 3. The number of hydrogen-bond acceptors (Lipinski definition) is 15. The van der Waals surface area contributed by atoms with Gasteiger partial charge >= 0.3 is 17.4 Å². The molecule has 15 nitrogen and oxygen atoms in total. The molecule has 0 saturated heterocycles. The standard InChI is InChI=1S/3C9H14O5.Al/c3*1-5(2)14-9(6(3)10,7(4)11)8(12)13;/h3*5H,1-4H3,(H,12,13);/q;;;+3/p-3.